The molecule has 2 saturated heterocycles. The number of nitrogens with zero attached hydrogens (tertiary/aromatic N) is 1. The van der Waals surface area contributed by atoms with Crippen LogP contribution in [0, 0.1) is 0 Å². The molecule has 2 aliphatic heterocycles. The average Bonchev–Trinajstić information content (AvgIpc) is 2.91. The van der Waals surface area contributed by atoms with Crippen LogP contribution in [0.2, 0.25) is 0 Å². The second kappa shape index (κ2) is 12.3. The zero-order valence-corrected chi connectivity index (χ0v) is 20.7. The van der Waals surface area contributed by atoms with Gasteiger partial charge in [0.2, 0.25) is 6.29 Å². The van der Waals surface area contributed by atoms with E-state index in [1.54, 1.807) is 12.1 Å². The number of aryl methyl sites for hydroxylation is 1. The van der Waals surface area contributed by atoms with Gasteiger partial charge in [-0.2, -0.15) is 0 Å². The van der Waals surface area contributed by atoms with E-state index >= 15 is 0 Å². The minimum atomic E-state index is -1.75. The molecule has 5 atom stereocenters. The molecule has 0 unspecified atom stereocenters. The van der Waals surface area contributed by atoms with E-state index in [0.29, 0.717) is 13.1 Å². The van der Waals surface area contributed by atoms with Crippen molar-refractivity contribution in [3.8, 4) is 23.0 Å². The second-order valence-electron chi connectivity index (χ2n) is 9.53. The van der Waals surface area contributed by atoms with Crippen LogP contribution in [0.1, 0.15) is 27.9 Å². The molecule has 0 saturated carbocycles. The monoisotopic (exact) mass is 534 g/mol. The summed E-state index contributed by atoms with van der Waals surface area (Å²) in [5, 5.41) is 74.8. The molecule has 4 rings (SSSR count). The summed E-state index contributed by atoms with van der Waals surface area (Å²) in [4.78, 5) is 15.4. The fourth-order valence-corrected chi connectivity index (χ4v) is 4.62. The predicted molar refractivity (Wildman–Crippen MR) is 133 cm³/mol. The molecule has 0 aliphatic carbocycles. The Morgan fingerprint density at radius 1 is 1.03 bits per heavy atom. The van der Waals surface area contributed by atoms with Crippen molar-refractivity contribution >= 4 is 5.78 Å². The Balaban J connectivity index is 1.65. The van der Waals surface area contributed by atoms with Gasteiger partial charge in [0.25, 0.3) is 0 Å². The Labute approximate surface area is 219 Å². The summed E-state index contributed by atoms with van der Waals surface area (Å²) in [7, 11) is 0. The number of ether oxygens (including phenoxy) is 2. The van der Waals surface area contributed by atoms with Crippen LogP contribution in [-0.4, -0.2) is 110 Å². The fourth-order valence-electron chi connectivity index (χ4n) is 4.62. The number of hydrogen-bond acceptors (Lipinski definition) is 12. The second-order valence-corrected chi connectivity index (χ2v) is 9.53. The van der Waals surface area contributed by atoms with E-state index in [-0.39, 0.29) is 47.8 Å². The Morgan fingerprint density at radius 3 is 2.37 bits per heavy atom. The van der Waals surface area contributed by atoms with Crippen LogP contribution in [-0.2, 0) is 17.7 Å². The first-order valence-electron chi connectivity index (χ1n) is 12.5. The van der Waals surface area contributed by atoms with Gasteiger partial charge in [0, 0.05) is 45.2 Å². The molecule has 0 bridgehead atoms. The van der Waals surface area contributed by atoms with Gasteiger partial charge in [0.15, 0.2) is 5.78 Å². The lowest BCUT2D eigenvalue weighted by Gasteiger charge is -2.39. The number of carbonyl (C=O) groups excluding carboxylic acids is 1. The number of aromatic hydroxyl groups is 3. The highest BCUT2D eigenvalue weighted by atomic mass is 16.7. The first-order valence-corrected chi connectivity index (χ1v) is 12.5. The number of aliphatic hydroxyl groups is 4. The van der Waals surface area contributed by atoms with Gasteiger partial charge >= 0.3 is 0 Å². The molecule has 2 aromatic carbocycles. The number of phenols is 3. The number of phenolic OH excluding ortho intramolecular Hbond substituents is 3. The van der Waals surface area contributed by atoms with Crippen molar-refractivity contribution in [3.63, 3.8) is 0 Å². The van der Waals surface area contributed by atoms with Crippen molar-refractivity contribution in [1.29, 1.82) is 0 Å². The molecule has 0 aromatic heterocycles. The van der Waals surface area contributed by atoms with E-state index < -0.39 is 48.8 Å². The van der Waals surface area contributed by atoms with Gasteiger partial charge in [-0.25, -0.2) is 0 Å². The highest BCUT2D eigenvalue weighted by Gasteiger charge is 2.45. The maximum atomic E-state index is 13.4. The summed E-state index contributed by atoms with van der Waals surface area (Å²) >= 11 is 0. The average molecular weight is 535 g/mol. The first kappa shape index (κ1) is 28.0. The highest BCUT2D eigenvalue weighted by Crippen LogP contribution is 2.41. The molecular weight excluding hydrogens is 500 g/mol. The third kappa shape index (κ3) is 6.18. The lowest BCUT2D eigenvalue weighted by atomic mass is 9.97. The number of ketones is 1. The van der Waals surface area contributed by atoms with Crippen LogP contribution in [0.4, 0.5) is 0 Å². The molecule has 12 nitrogen and oxygen atoms in total. The van der Waals surface area contributed by atoms with Crippen molar-refractivity contribution in [1.82, 2.24) is 10.2 Å². The van der Waals surface area contributed by atoms with Gasteiger partial charge in [-0.3, -0.25) is 9.69 Å². The molecule has 2 heterocycles. The van der Waals surface area contributed by atoms with Crippen molar-refractivity contribution in [2.24, 2.45) is 0 Å². The van der Waals surface area contributed by atoms with Gasteiger partial charge in [-0.05, 0) is 24.1 Å². The maximum Gasteiger partial charge on any atom is 0.229 e. The van der Waals surface area contributed by atoms with Gasteiger partial charge in [0.05, 0.1) is 12.2 Å². The molecule has 0 amide bonds. The third-order valence-corrected chi connectivity index (χ3v) is 6.88. The summed E-state index contributed by atoms with van der Waals surface area (Å²) < 4.78 is 11.1. The Kier molecular flexibility index (Phi) is 9.05. The van der Waals surface area contributed by atoms with Crippen LogP contribution in [0.15, 0.2) is 30.3 Å². The lowest BCUT2D eigenvalue weighted by Crippen LogP contribution is -2.60. The normalized spacial score (nSPS) is 26.3. The van der Waals surface area contributed by atoms with Crippen LogP contribution >= 0.6 is 0 Å². The first-order chi connectivity index (χ1) is 18.2. The van der Waals surface area contributed by atoms with E-state index in [1.165, 1.54) is 12.1 Å². The number of Topliss-reactive ketones (excluding diaryl/α,β-unsaturated/α-hetero) is 1. The molecule has 2 aliphatic rings. The SMILES string of the molecule is O=C(CCc1ccc(O)cc1)c1c(O[C@H]2O[C@@H](CO)[C@H](O)[C@@H](O)[C@@H]2O)cc(O)c(CN2CCNCC2)c1O. The largest absolute Gasteiger partial charge is 0.508 e. The number of nitrogens with one attached hydrogen (secondary N) is 1. The quantitative estimate of drug-likeness (QED) is 0.187. The number of aliphatic hydroxyl groups excluding tert-OH is 4. The van der Waals surface area contributed by atoms with E-state index in [2.05, 4.69) is 5.32 Å². The molecule has 12 heteroatoms. The smallest absolute Gasteiger partial charge is 0.229 e. The molecule has 0 radical (unpaired) electrons. The highest BCUT2D eigenvalue weighted by molar-refractivity contribution is 6.02. The van der Waals surface area contributed by atoms with E-state index in [1.807, 2.05) is 4.90 Å². The van der Waals surface area contributed by atoms with Crippen LogP contribution in [0.3, 0.4) is 0 Å². The zero-order chi connectivity index (χ0) is 27.4. The topological polar surface area (TPSA) is 192 Å². The van der Waals surface area contributed by atoms with Crippen LogP contribution in [0.5, 0.6) is 23.0 Å². The van der Waals surface area contributed by atoms with Crippen molar-refractivity contribution in [3.05, 3.63) is 47.0 Å². The standard InChI is InChI=1S/C26H34N2O10/c29-13-20-23(34)24(35)25(36)26(38-20)37-19-11-18(32)16(12-28-9-7-27-8-10-28)22(33)21(19)17(31)6-3-14-1-4-15(30)5-2-14/h1-2,4-5,11,20,23-27,29-30,32-36H,3,6-10,12-13H2/t20-,23-,24+,25-,26-/m0/s1. The van der Waals surface area contributed by atoms with Gasteiger partial charge in [-0.1, -0.05) is 12.1 Å². The molecule has 38 heavy (non-hydrogen) atoms. The summed E-state index contributed by atoms with van der Waals surface area (Å²) in [5.74, 6) is -1.53. The Bertz CT molecular complexity index is 1100. The summed E-state index contributed by atoms with van der Waals surface area (Å²) in [6.45, 7) is 2.32. The molecule has 0 spiro atoms. The summed E-state index contributed by atoms with van der Waals surface area (Å²) in [6, 6.07) is 7.47. The number of piperazine rings is 1. The number of hydrogen-bond donors (Lipinski definition) is 8. The molecular formula is C26H34N2O10. The van der Waals surface area contributed by atoms with Crippen molar-refractivity contribution < 1.29 is 50.0 Å². The van der Waals surface area contributed by atoms with Gasteiger partial charge in [-0.15, -0.1) is 0 Å². The summed E-state index contributed by atoms with van der Waals surface area (Å²) in [6.07, 6.45) is -7.71. The van der Waals surface area contributed by atoms with Gasteiger partial charge < -0.3 is 50.5 Å². The van der Waals surface area contributed by atoms with Crippen molar-refractivity contribution in [2.75, 3.05) is 32.8 Å². The number of benzene rings is 2. The van der Waals surface area contributed by atoms with Crippen LogP contribution in [0.25, 0.3) is 0 Å². The van der Waals surface area contributed by atoms with Crippen molar-refractivity contribution in [2.45, 2.75) is 50.1 Å². The molecule has 2 fully saturated rings. The molecule has 8 N–H and O–H groups in total. The van der Waals surface area contributed by atoms with E-state index in [0.717, 1.165) is 24.7 Å². The fraction of sp³-hybridized carbons (Fsp3) is 0.500. The summed E-state index contributed by atoms with van der Waals surface area (Å²) in [5.41, 5.74) is 0.677. The van der Waals surface area contributed by atoms with Gasteiger partial charge in [0.1, 0.15) is 53.0 Å². The molecule has 2 aromatic rings. The van der Waals surface area contributed by atoms with Crippen LogP contribution < -0.4 is 10.1 Å². The maximum absolute atomic E-state index is 13.4. The Morgan fingerprint density at radius 2 is 1.71 bits per heavy atom. The van der Waals surface area contributed by atoms with E-state index in [9.17, 15) is 40.5 Å². The predicted octanol–water partition coefficient (Wildman–Crippen LogP) is -0.797. The van der Waals surface area contributed by atoms with E-state index in [4.69, 9.17) is 9.47 Å². The molecule has 208 valence electrons. The zero-order valence-electron chi connectivity index (χ0n) is 20.7. The Hall–Kier alpha value is -2.97. The number of rotatable bonds is 9. The minimum Gasteiger partial charge on any atom is -0.508 e. The lowest BCUT2D eigenvalue weighted by molar-refractivity contribution is -0.277. The third-order valence-electron chi connectivity index (χ3n) is 6.88. The minimum absolute atomic E-state index is 0.0543. The number of carbonyl (C=O) groups is 1.